The second kappa shape index (κ2) is 4.69. The number of rotatable bonds is 3. The SMILES string of the molecule is Cc1ccc(-c2ccc(=O)n(CC3CC3)c2)c(C)c1. The largest absolute Gasteiger partial charge is 0.315 e. The zero-order chi connectivity index (χ0) is 13.4. The molecule has 0 unspecified atom stereocenters. The van der Waals surface area contributed by atoms with Crippen LogP contribution < -0.4 is 5.56 Å². The van der Waals surface area contributed by atoms with Gasteiger partial charge in [0.15, 0.2) is 0 Å². The first-order valence-corrected chi connectivity index (χ1v) is 6.91. The first-order valence-electron chi connectivity index (χ1n) is 6.91. The molecule has 0 bridgehead atoms. The zero-order valence-electron chi connectivity index (χ0n) is 11.5. The van der Waals surface area contributed by atoms with Gasteiger partial charge in [-0.2, -0.15) is 0 Å². The minimum Gasteiger partial charge on any atom is -0.315 e. The molecule has 98 valence electrons. The summed E-state index contributed by atoms with van der Waals surface area (Å²) in [4.78, 5) is 11.9. The molecule has 1 fully saturated rings. The zero-order valence-corrected chi connectivity index (χ0v) is 11.5. The van der Waals surface area contributed by atoms with Gasteiger partial charge in [0.1, 0.15) is 0 Å². The number of pyridine rings is 1. The van der Waals surface area contributed by atoms with E-state index in [-0.39, 0.29) is 5.56 Å². The summed E-state index contributed by atoms with van der Waals surface area (Å²) in [6.45, 7) is 5.10. The number of aryl methyl sites for hydroxylation is 2. The Morgan fingerprint density at radius 2 is 1.95 bits per heavy atom. The minimum absolute atomic E-state index is 0.111. The van der Waals surface area contributed by atoms with Crippen LogP contribution in [0, 0.1) is 19.8 Å². The van der Waals surface area contributed by atoms with E-state index in [4.69, 9.17) is 0 Å². The summed E-state index contributed by atoms with van der Waals surface area (Å²) >= 11 is 0. The number of benzene rings is 1. The van der Waals surface area contributed by atoms with Crippen LogP contribution in [0.3, 0.4) is 0 Å². The molecule has 1 aromatic heterocycles. The second-order valence-corrected chi connectivity index (χ2v) is 5.67. The first-order chi connectivity index (χ1) is 9.13. The van der Waals surface area contributed by atoms with Gasteiger partial charge in [0, 0.05) is 18.8 Å². The third-order valence-electron chi connectivity index (χ3n) is 3.83. The topological polar surface area (TPSA) is 22.0 Å². The summed E-state index contributed by atoms with van der Waals surface area (Å²) in [6, 6.07) is 10.1. The van der Waals surface area contributed by atoms with Crippen LogP contribution in [0.5, 0.6) is 0 Å². The Balaban J connectivity index is 2.02. The number of aromatic nitrogens is 1. The molecule has 0 amide bonds. The van der Waals surface area contributed by atoms with Crippen LogP contribution in [0.2, 0.25) is 0 Å². The Bertz CT molecular complexity index is 665. The van der Waals surface area contributed by atoms with Crippen molar-refractivity contribution in [1.29, 1.82) is 0 Å². The highest BCUT2D eigenvalue weighted by Gasteiger charge is 2.22. The fraction of sp³-hybridized carbons (Fsp3) is 0.353. The molecule has 19 heavy (non-hydrogen) atoms. The second-order valence-electron chi connectivity index (χ2n) is 5.67. The van der Waals surface area contributed by atoms with Crippen molar-refractivity contribution in [3.8, 4) is 11.1 Å². The predicted octanol–water partition coefficient (Wildman–Crippen LogP) is 3.54. The fourth-order valence-corrected chi connectivity index (χ4v) is 2.55. The van der Waals surface area contributed by atoms with Crippen molar-refractivity contribution >= 4 is 0 Å². The molecule has 0 aliphatic heterocycles. The molecule has 0 atom stereocenters. The van der Waals surface area contributed by atoms with Gasteiger partial charge in [0.25, 0.3) is 5.56 Å². The molecule has 0 N–H and O–H groups in total. The van der Waals surface area contributed by atoms with E-state index in [9.17, 15) is 4.79 Å². The van der Waals surface area contributed by atoms with Gasteiger partial charge >= 0.3 is 0 Å². The summed E-state index contributed by atoms with van der Waals surface area (Å²) in [5, 5.41) is 0. The fourth-order valence-electron chi connectivity index (χ4n) is 2.55. The van der Waals surface area contributed by atoms with E-state index in [0.717, 1.165) is 12.1 Å². The molecule has 2 heteroatoms. The van der Waals surface area contributed by atoms with E-state index in [0.29, 0.717) is 5.92 Å². The van der Waals surface area contributed by atoms with Crippen molar-refractivity contribution in [3.63, 3.8) is 0 Å². The lowest BCUT2D eigenvalue weighted by Crippen LogP contribution is -2.19. The Morgan fingerprint density at radius 3 is 2.63 bits per heavy atom. The van der Waals surface area contributed by atoms with E-state index in [1.165, 1.54) is 29.5 Å². The van der Waals surface area contributed by atoms with Crippen LogP contribution in [-0.2, 0) is 6.54 Å². The van der Waals surface area contributed by atoms with Gasteiger partial charge in [-0.25, -0.2) is 0 Å². The van der Waals surface area contributed by atoms with Crippen molar-refractivity contribution in [1.82, 2.24) is 4.57 Å². The molecule has 0 radical (unpaired) electrons. The maximum absolute atomic E-state index is 11.9. The molecule has 1 aromatic carbocycles. The van der Waals surface area contributed by atoms with Crippen molar-refractivity contribution < 1.29 is 0 Å². The van der Waals surface area contributed by atoms with Crippen molar-refractivity contribution in [2.24, 2.45) is 5.92 Å². The van der Waals surface area contributed by atoms with Crippen molar-refractivity contribution in [3.05, 3.63) is 58.0 Å². The Kier molecular flexibility index (Phi) is 3.02. The number of hydrogen-bond donors (Lipinski definition) is 0. The summed E-state index contributed by atoms with van der Waals surface area (Å²) in [7, 11) is 0. The van der Waals surface area contributed by atoms with Gasteiger partial charge in [0.05, 0.1) is 0 Å². The maximum Gasteiger partial charge on any atom is 0.250 e. The molecular formula is C17H19NO. The molecule has 2 aromatic rings. The van der Waals surface area contributed by atoms with Crippen LogP contribution >= 0.6 is 0 Å². The van der Waals surface area contributed by atoms with Gasteiger partial charge < -0.3 is 4.57 Å². The third-order valence-corrected chi connectivity index (χ3v) is 3.83. The normalized spacial score (nSPS) is 14.6. The Hall–Kier alpha value is -1.83. The van der Waals surface area contributed by atoms with Crippen LogP contribution in [0.4, 0.5) is 0 Å². The standard InChI is InChI=1S/C17H19NO/c1-12-3-7-16(13(2)9-12)15-6-8-17(19)18(11-15)10-14-4-5-14/h3,6-9,11,14H,4-5,10H2,1-2H3. The molecule has 0 spiro atoms. The minimum atomic E-state index is 0.111. The summed E-state index contributed by atoms with van der Waals surface area (Å²) in [5.74, 6) is 0.715. The van der Waals surface area contributed by atoms with Crippen molar-refractivity contribution in [2.75, 3.05) is 0 Å². The van der Waals surface area contributed by atoms with Gasteiger partial charge in [-0.1, -0.05) is 23.8 Å². The van der Waals surface area contributed by atoms with Crippen LogP contribution in [0.25, 0.3) is 11.1 Å². The first kappa shape index (κ1) is 12.2. The van der Waals surface area contributed by atoms with Crippen LogP contribution in [-0.4, -0.2) is 4.57 Å². The van der Waals surface area contributed by atoms with E-state index >= 15 is 0 Å². The van der Waals surface area contributed by atoms with Crippen LogP contribution in [0.15, 0.2) is 41.3 Å². The van der Waals surface area contributed by atoms with Gasteiger partial charge in [-0.15, -0.1) is 0 Å². The lowest BCUT2D eigenvalue weighted by molar-refractivity contribution is 0.607. The highest BCUT2D eigenvalue weighted by atomic mass is 16.1. The Morgan fingerprint density at radius 1 is 1.16 bits per heavy atom. The maximum atomic E-state index is 11.9. The summed E-state index contributed by atoms with van der Waals surface area (Å²) in [5.41, 5.74) is 5.00. The molecule has 1 saturated carbocycles. The average Bonchev–Trinajstić information content (AvgIpc) is 3.16. The molecule has 3 rings (SSSR count). The quantitative estimate of drug-likeness (QED) is 0.820. The molecule has 1 heterocycles. The molecule has 0 saturated heterocycles. The van der Waals surface area contributed by atoms with E-state index < -0.39 is 0 Å². The number of nitrogens with zero attached hydrogens (tertiary/aromatic N) is 1. The molecule has 1 aliphatic rings. The van der Waals surface area contributed by atoms with E-state index in [2.05, 4.69) is 32.0 Å². The molecule has 2 nitrogen and oxygen atoms in total. The predicted molar refractivity (Wildman–Crippen MR) is 78.3 cm³/mol. The monoisotopic (exact) mass is 253 g/mol. The average molecular weight is 253 g/mol. The smallest absolute Gasteiger partial charge is 0.250 e. The van der Waals surface area contributed by atoms with E-state index in [1.54, 1.807) is 6.07 Å². The lowest BCUT2D eigenvalue weighted by atomic mass is 10.00. The van der Waals surface area contributed by atoms with Crippen molar-refractivity contribution in [2.45, 2.75) is 33.2 Å². The van der Waals surface area contributed by atoms with E-state index in [1.807, 2.05) is 16.8 Å². The highest BCUT2D eigenvalue weighted by Crippen LogP contribution is 2.30. The van der Waals surface area contributed by atoms with Gasteiger partial charge in [0.2, 0.25) is 0 Å². The highest BCUT2D eigenvalue weighted by molar-refractivity contribution is 5.66. The molecular weight excluding hydrogens is 234 g/mol. The van der Waals surface area contributed by atoms with Crippen LogP contribution in [0.1, 0.15) is 24.0 Å². The Labute approximate surface area is 113 Å². The summed E-state index contributed by atoms with van der Waals surface area (Å²) in [6.07, 6.45) is 4.54. The van der Waals surface area contributed by atoms with Gasteiger partial charge in [-0.3, -0.25) is 4.79 Å². The molecule has 1 aliphatic carbocycles. The lowest BCUT2D eigenvalue weighted by Gasteiger charge is -2.10. The summed E-state index contributed by atoms with van der Waals surface area (Å²) < 4.78 is 1.87. The van der Waals surface area contributed by atoms with Gasteiger partial charge in [-0.05, 0) is 55.4 Å². The third kappa shape index (κ3) is 2.62. The number of hydrogen-bond acceptors (Lipinski definition) is 1.